The summed E-state index contributed by atoms with van der Waals surface area (Å²) in [5.41, 5.74) is 3.65. The first kappa shape index (κ1) is 12.5. The van der Waals surface area contributed by atoms with E-state index < -0.39 is 0 Å². The number of benzene rings is 1. The molecule has 1 aromatic carbocycles. The molecule has 1 fully saturated rings. The van der Waals surface area contributed by atoms with Gasteiger partial charge in [0.15, 0.2) is 0 Å². The molecule has 0 heterocycles. The second-order valence-electron chi connectivity index (χ2n) is 7.16. The van der Waals surface area contributed by atoms with Crippen LogP contribution in [0.3, 0.4) is 0 Å². The molecule has 0 unspecified atom stereocenters. The monoisotopic (exact) mass is 268 g/mol. The zero-order valence-electron chi connectivity index (χ0n) is 12.6. The van der Waals surface area contributed by atoms with Gasteiger partial charge in [0.05, 0.1) is 7.11 Å². The molecule has 3 aliphatic rings. The van der Waals surface area contributed by atoms with Gasteiger partial charge in [-0.3, -0.25) is 0 Å². The van der Waals surface area contributed by atoms with Gasteiger partial charge in [0.1, 0.15) is 5.75 Å². The largest absolute Gasteiger partial charge is 0.497 e. The van der Waals surface area contributed by atoms with E-state index in [9.17, 15) is 0 Å². The average Bonchev–Trinajstić information content (AvgIpc) is 2.88. The van der Waals surface area contributed by atoms with Gasteiger partial charge in [-0.15, -0.1) is 0 Å². The molecule has 0 bridgehead atoms. The predicted octanol–water partition coefficient (Wildman–Crippen LogP) is 4.72. The summed E-state index contributed by atoms with van der Waals surface area (Å²) in [5.74, 6) is 3.59. The maximum absolute atomic E-state index is 5.39. The molecule has 4 atom stereocenters. The van der Waals surface area contributed by atoms with Crippen molar-refractivity contribution in [1.82, 2.24) is 0 Å². The Labute approximate surface area is 122 Å². The Hall–Kier alpha value is -1.24. The molecular weight excluding hydrogens is 244 g/mol. The lowest BCUT2D eigenvalue weighted by molar-refractivity contribution is 0.0826. The molecule has 0 aromatic heterocycles. The maximum atomic E-state index is 5.39. The van der Waals surface area contributed by atoms with Crippen molar-refractivity contribution in [2.24, 2.45) is 17.3 Å². The molecule has 0 radical (unpaired) electrons. The Bertz CT molecular complexity index is 559. The number of aryl methyl sites for hydroxylation is 1. The standard InChI is InChI=1S/C19H24O/c1-19-10-3-4-18(19)17-7-5-13-12-14(20-2)6-8-15(13)16(17)9-11-19/h3,6,8,10,12,16-18H,4-5,7,9,11H2,1-2H3/t16-,17-,18-,19+/m1/s1. The van der Waals surface area contributed by atoms with Gasteiger partial charge in [-0.1, -0.05) is 25.1 Å². The summed E-state index contributed by atoms with van der Waals surface area (Å²) in [4.78, 5) is 0. The van der Waals surface area contributed by atoms with Crippen molar-refractivity contribution >= 4 is 0 Å². The lowest BCUT2D eigenvalue weighted by Gasteiger charge is -2.49. The Morgan fingerprint density at radius 3 is 3.00 bits per heavy atom. The van der Waals surface area contributed by atoms with E-state index in [1.165, 1.54) is 32.1 Å². The predicted molar refractivity (Wildman–Crippen MR) is 82.1 cm³/mol. The van der Waals surface area contributed by atoms with Gasteiger partial charge < -0.3 is 4.74 Å². The molecular formula is C19H24O. The van der Waals surface area contributed by atoms with Crippen LogP contribution >= 0.6 is 0 Å². The number of ether oxygens (including phenoxy) is 1. The fourth-order valence-corrected chi connectivity index (χ4v) is 5.17. The number of methoxy groups -OCH3 is 1. The third-order valence-corrected chi connectivity index (χ3v) is 6.26. The van der Waals surface area contributed by atoms with Crippen molar-refractivity contribution in [2.45, 2.75) is 44.9 Å². The van der Waals surface area contributed by atoms with Gasteiger partial charge in [-0.25, -0.2) is 0 Å². The lowest BCUT2D eigenvalue weighted by atomic mass is 9.56. The van der Waals surface area contributed by atoms with Crippen LogP contribution in [0.1, 0.15) is 49.7 Å². The van der Waals surface area contributed by atoms with E-state index in [1.807, 2.05) is 0 Å². The van der Waals surface area contributed by atoms with Crippen molar-refractivity contribution in [1.29, 1.82) is 0 Å². The molecule has 3 aliphatic carbocycles. The first-order valence-corrected chi connectivity index (χ1v) is 8.06. The van der Waals surface area contributed by atoms with E-state index in [0.717, 1.165) is 23.5 Å². The highest BCUT2D eigenvalue weighted by atomic mass is 16.5. The van der Waals surface area contributed by atoms with E-state index in [1.54, 1.807) is 18.2 Å². The summed E-state index contributed by atoms with van der Waals surface area (Å²) in [7, 11) is 1.77. The van der Waals surface area contributed by atoms with E-state index >= 15 is 0 Å². The SMILES string of the molecule is COc1ccc2c(c1)CC[C@@H]1[C@@H]2CC[C@]2(C)C=CC[C@H]12. The number of hydrogen-bond donors (Lipinski definition) is 0. The van der Waals surface area contributed by atoms with Crippen molar-refractivity contribution in [3.05, 3.63) is 41.5 Å². The molecule has 1 saturated carbocycles. The Kier molecular flexibility index (Phi) is 2.73. The molecule has 0 spiro atoms. The minimum Gasteiger partial charge on any atom is -0.497 e. The van der Waals surface area contributed by atoms with Crippen molar-refractivity contribution in [3.8, 4) is 5.75 Å². The van der Waals surface area contributed by atoms with Gasteiger partial charge in [0, 0.05) is 0 Å². The van der Waals surface area contributed by atoms with Crippen LogP contribution in [0.4, 0.5) is 0 Å². The van der Waals surface area contributed by atoms with Crippen molar-refractivity contribution in [3.63, 3.8) is 0 Å². The van der Waals surface area contributed by atoms with Gasteiger partial charge in [0.25, 0.3) is 0 Å². The molecule has 1 heteroatoms. The highest BCUT2D eigenvalue weighted by Gasteiger charge is 2.48. The molecule has 106 valence electrons. The van der Waals surface area contributed by atoms with Gasteiger partial charge in [-0.2, -0.15) is 0 Å². The second-order valence-corrected chi connectivity index (χ2v) is 7.16. The summed E-state index contributed by atoms with van der Waals surface area (Å²) >= 11 is 0. The van der Waals surface area contributed by atoms with E-state index in [-0.39, 0.29) is 0 Å². The van der Waals surface area contributed by atoms with Crippen LogP contribution in [0, 0.1) is 17.3 Å². The molecule has 0 saturated heterocycles. The zero-order chi connectivity index (χ0) is 13.7. The van der Waals surface area contributed by atoms with Crippen molar-refractivity contribution in [2.75, 3.05) is 7.11 Å². The number of hydrogen-bond acceptors (Lipinski definition) is 1. The minimum atomic E-state index is 0.491. The van der Waals surface area contributed by atoms with Crippen LogP contribution in [0.25, 0.3) is 0 Å². The quantitative estimate of drug-likeness (QED) is 0.670. The molecule has 0 aliphatic heterocycles. The van der Waals surface area contributed by atoms with Gasteiger partial charge in [0.2, 0.25) is 0 Å². The summed E-state index contributed by atoms with van der Waals surface area (Å²) in [6, 6.07) is 6.77. The van der Waals surface area contributed by atoms with Crippen LogP contribution in [-0.2, 0) is 6.42 Å². The molecule has 0 N–H and O–H groups in total. The molecule has 20 heavy (non-hydrogen) atoms. The van der Waals surface area contributed by atoms with Crippen LogP contribution in [0.5, 0.6) is 5.75 Å². The highest BCUT2D eigenvalue weighted by Crippen LogP contribution is 2.58. The summed E-state index contributed by atoms with van der Waals surface area (Å²) in [6.45, 7) is 2.49. The number of allylic oxidation sites excluding steroid dienone is 2. The Balaban J connectivity index is 1.70. The molecule has 1 aromatic rings. The molecule has 4 rings (SSSR count). The first-order valence-electron chi connectivity index (χ1n) is 8.06. The van der Waals surface area contributed by atoms with Crippen LogP contribution in [0.2, 0.25) is 0 Å². The molecule has 0 amide bonds. The fraction of sp³-hybridized carbons (Fsp3) is 0.579. The van der Waals surface area contributed by atoms with E-state index in [2.05, 4.69) is 37.3 Å². The van der Waals surface area contributed by atoms with Crippen LogP contribution < -0.4 is 4.74 Å². The van der Waals surface area contributed by atoms with E-state index in [0.29, 0.717) is 5.41 Å². The summed E-state index contributed by atoms with van der Waals surface area (Å²) < 4.78 is 5.39. The van der Waals surface area contributed by atoms with Crippen LogP contribution in [0.15, 0.2) is 30.4 Å². The van der Waals surface area contributed by atoms with Crippen LogP contribution in [-0.4, -0.2) is 7.11 Å². The zero-order valence-corrected chi connectivity index (χ0v) is 12.6. The fourth-order valence-electron chi connectivity index (χ4n) is 5.17. The third-order valence-electron chi connectivity index (χ3n) is 6.26. The summed E-state index contributed by atoms with van der Waals surface area (Å²) in [5, 5.41) is 0. The Morgan fingerprint density at radius 2 is 2.15 bits per heavy atom. The maximum Gasteiger partial charge on any atom is 0.119 e. The second kappa shape index (κ2) is 4.38. The van der Waals surface area contributed by atoms with E-state index in [4.69, 9.17) is 4.74 Å². The van der Waals surface area contributed by atoms with Gasteiger partial charge >= 0.3 is 0 Å². The average molecular weight is 268 g/mol. The highest BCUT2D eigenvalue weighted by molar-refractivity contribution is 5.41. The minimum absolute atomic E-state index is 0.491. The first-order chi connectivity index (χ1) is 9.71. The normalized spacial score (nSPS) is 38.0. The third kappa shape index (κ3) is 1.68. The summed E-state index contributed by atoms with van der Waals surface area (Å²) in [6.07, 6.45) is 11.6. The topological polar surface area (TPSA) is 9.23 Å². The lowest BCUT2D eigenvalue weighted by Crippen LogP contribution is -2.39. The Morgan fingerprint density at radius 1 is 1.25 bits per heavy atom. The number of rotatable bonds is 1. The molecule has 1 nitrogen and oxygen atoms in total. The number of fused-ring (bicyclic) bond motifs is 5. The van der Waals surface area contributed by atoms with Gasteiger partial charge in [-0.05, 0) is 78.5 Å². The smallest absolute Gasteiger partial charge is 0.119 e. The van der Waals surface area contributed by atoms with Crippen molar-refractivity contribution < 1.29 is 4.74 Å².